The van der Waals surface area contributed by atoms with Crippen LogP contribution >= 0.6 is 22.6 Å². The summed E-state index contributed by atoms with van der Waals surface area (Å²) in [5, 5.41) is 0. The van der Waals surface area contributed by atoms with Gasteiger partial charge >= 0.3 is 0 Å². The van der Waals surface area contributed by atoms with Crippen molar-refractivity contribution in [2.75, 3.05) is 43.0 Å². The van der Waals surface area contributed by atoms with Crippen LogP contribution in [0.2, 0.25) is 0 Å². The van der Waals surface area contributed by atoms with Gasteiger partial charge in [-0.2, -0.15) is 0 Å². The number of ether oxygens (including phenoxy) is 2. The van der Waals surface area contributed by atoms with Crippen LogP contribution in [0.5, 0.6) is 11.5 Å². The molecule has 74 heavy (non-hydrogen) atoms. The van der Waals surface area contributed by atoms with Gasteiger partial charge in [-0.15, -0.1) is 0 Å². The highest BCUT2D eigenvalue weighted by molar-refractivity contribution is 14.1. The van der Waals surface area contributed by atoms with E-state index >= 15 is 0 Å². The van der Waals surface area contributed by atoms with Crippen LogP contribution in [0.15, 0.2) is 137 Å². The van der Waals surface area contributed by atoms with Crippen molar-refractivity contribution in [3.63, 3.8) is 0 Å². The number of hydrogen-bond acceptors (Lipinski definition) is 12. The number of nitrogen functional groups attached to an aromatic ring is 2. The highest BCUT2D eigenvalue weighted by Crippen LogP contribution is 2.38. The van der Waals surface area contributed by atoms with Gasteiger partial charge in [0, 0.05) is 73.8 Å². The number of anilines is 2. The normalized spacial score (nSPS) is 15.1. The predicted molar refractivity (Wildman–Crippen MR) is 305 cm³/mol. The number of aryl methyl sites for hydroxylation is 1. The van der Waals surface area contributed by atoms with Crippen LogP contribution in [-0.4, -0.2) is 85.0 Å². The van der Waals surface area contributed by atoms with Crippen LogP contribution in [0.25, 0.3) is 22.3 Å². The second-order valence-electron chi connectivity index (χ2n) is 17.5. The Morgan fingerprint density at radius 1 is 0.608 bits per heavy atom. The lowest BCUT2D eigenvalue weighted by Gasteiger charge is -2.25. The van der Waals surface area contributed by atoms with Crippen LogP contribution in [0.1, 0.15) is 77.2 Å². The quantitative estimate of drug-likeness (QED) is 0.0949. The van der Waals surface area contributed by atoms with E-state index in [1.807, 2.05) is 43.2 Å². The number of carbonyl (C=O) groups excluding carboxylic acids is 1. The van der Waals surface area contributed by atoms with E-state index in [1.165, 1.54) is 59.3 Å². The Hall–Kier alpha value is -6.26. The summed E-state index contributed by atoms with van der Waals surface area (Å²) in [5.74, 6) is -0.179. The summed E-state index contributed by atoms with van der Waals surface area (Å²) < 4.78 is 88.7. The average Bonchev–Trinajstić information content (AvgIpc) is 3.33. The van der Waals surface area contributed by atoms with E-state index in [-0.39, 0.29) is 63.8 Å². The van der Waals surface area contributed by atoms with E-state index in [9.17, 15) is 30.4 Å². The van der Waals surface area contributed by atoms with Crippen LogP contribution in [0.3, 0.4) is 0 Å². The summed E-state index contributed by atoms with van der Waals surface area (Å²) in [7, 11) is -3.24. The fraction of sp³-hybridized carbons (Fsp3) is 0.255. The fourth-order valence-corrected chi connectivity index (χ4v) is 9.44. The van der Waals surface area contributed by atoms with Gasteiger partial charge in [-0.05, 0) is 144 Å². The summed E-state index contributed by atoms with van der Waals surface area (Å²) in [4.78, 5) is 27.6. The molecule has 1 amide bonds. The number of amides is 1. The van der Waals surface area contributed by atoms with Crippen molar-refractivity contribution in [3.8, 4) is 33.8 Å². The van der Waals surface area contributed by atoms with Crippen molar-refractivity contribution in [3.05, 3.63) is 178 Å². The Morgan fingerprint density at radius 2 is 1.04 bits per heavy atom. The number of aromatic nitrogens is 2. The van der Waals surface area contributed by atoms with Gasteiger partial charge in [0.05, 0.1) is 9.79 Å². The minimum absolute atomic E-state index is 0. The summed E-state index contributed by atoms with van der Waals surface area (Å²) >= 11 is 2.15. The average molecular weight is 1180 g/mol. The molecule has 9 rings (SSSR count). The Morgan fingerprint density at radius 3 is 1.51 bits per heavy atom. The zero-order chi connectivity index (χ0) is 52.7. The van der Waals surface area contributed by atoms with Gasteiger partial charge in [-0.3, -0.25) is 9.69 Å². The molecule has 2 atom stereocenters. The molecule has 394 valence electrons. The molecule has 0 saturated heterocycles. The number of alkyl halides is 1. The van der Waals surface area contributed by atoms with Crippen LogP contribution in [0.4, 0.5) is 20.4 Å². The van der Waals surface area contributed by atoms with E-state index in [0.717, 1.165) is 28.5 Å². The lowest BCUT2D eigenvalue weighted by atomic mass is 9.98. The number of fused-ring (bicyclic) bond motifs is 10. The first-order valence-electron chi connectivity index (χ1n) is 22.5. The fourth-order valence-electron chi connectivity index (χ4n) is 8.14. The SMILES string of the molecule is C.CI.C[C@H]1Oc2cc(cnc2N)-c2cc(S(C)(=O)=O)ccc2CN(C)C(=O)c2ccc(F)cc21.C[C@H]1Oc2cc(cnc2N)-c2cc(S(C)(=O)=O)ccc2CN(C)Cc2ccc(F)cc21.Cc1ccccc1.[SiH4]. The lowest BCUT2D eigenvalue weighted by Crippen LogP contribution is -2.28. The van der Waals surface area contributed by atoms with E-state index in [2.05, 4.69) is 56.5 Å². The van der Waals surface area contributed by atoms with Crippen molar-refractivity contribution in [2.45, 2.75) is 69.8 Å². The summed E-state index contributed by atoms with van der Waals surface area (Å²) in [6.45, 7) is 6.94. The first-order valence-corrected chi connectivity index (χ1v) is 28.4. The number of rotatable bonds is 2. The Labute approximate surface area is 452 Å². The predicted octanol–water partition coefficient (Wildman–Crippen LogP) is 9.79. The highest BCUT2D eigenvalue weighted by atomic mass is 127. The number of halogens is 3. The molecule has 0 fully saturated rings. The zero-order valence-corrected chi connectivity index (χ0v) is 44.9. The number of hydrogen-bond donors (Lipinski definition) is 2. The standard InChI is InChI=1S/C23H22FN3O4S.C23H24FN3O3S.C7H8.CH3I.CH4.H4Si/c1-13-19-9-16(24)5-7-18(19)23(28)27(2)12-14-4-6-17(32(3,29)30)10-20(14)15-8-21(31-13)22(25)26-11-15;1-14-20-9-18(24)6-4-15(20)12-27(2)13-16-5-7-19(31(3,28)29)10-21(16)17-8-22(30-14)23(25)26-11-17;1-7-5-3-2-4-6-7;1-2;;/h4-11,13H,12H2,1-3H3,(H2,25,26);4-11,14H,12-13H2,1-3H3,(H2,25,26);2-6H,1H3;1H3;2*1H4/t13-;14-;;;;/m11..../s1. The van der Waals surface area contributed by atoms with E-state index in [0.29, 0.717) is 52.2 Å². The van der Waals surface area contributed by atoms with Crippen LogP contribution in [0, 0.1) is 18.6 Å². The van der Waals surface area contributed by atoms with Gasteiger partial charge < -0.3 is 25.8 Å². The maximum absolute atomic E-state index is 14.0. The van der Waals surface area contributed by atoms with Gasteiger partial charge in [0.15, 0.2) is 42.8 Å². The van der Waals surface area contributed by atoms with Gasteiger partial charge in [0.1, 0.15) is 23.8 Å². The third-order valence-corrected chi connectivity index (χ3v) is 14.0. The highest BCUT2D eigenvalue weighted by Gasteiger charge is 2.26. The third-order valence-electron chi connectivity index (χ3n) is 11.8. The van der Waals surface area contributed by atoms with Gasteiger partial charge in [0.2, 0.25) is 0 Å². The minimum Gasteiger partial charge on any atom is -0.482 e. The van der Waals surface area contributed by atoms with Gasteiger partial charge in [-0.25, -0.2) is 35.6 Å². The van der Waals surface area contributed by atoms with Crippen molar-refractivity contribution in [2.24, 2.45) is 0 Å². The minimum atomic E-state index is -3.46. The molecule has 0 saturated carbocycles. The van der Waals surface area contributed by atoms with Crippen molar-refractivity contribution < 1.29 is 39.9 Å². The maximum Gasteiger partial charge on any atom is 0.254 e. The maximum atomic E-state index is 14.0. The second-order valence-corrected chi connectivity index (χ2v) is 21.5. The zero-order valence-electron chi connectivity index (χ0n) is 41.2. The van der Waals surface area contributed by atoms with E-state index in [1.54, 1.807) is 62.6 Å². The molecule has 0 spiro atoms. The molecule has 0 radical (unpaired) electrons. The first-order chi connectivity index (χ1) is 34.0. The first kappa shape index (κ1) is 60.3. The molecular weight excluding hydrogens is 1110 g/mol. The molecule has 4 heterocycles. The third kappa shape index (κ3) is 15.0. The number of nitrogens with two attached hydrogens (primary N) is 2. The smallest absolute Gasteiger partial charge is 0.254 e. The second kappa shape index (κ2) is 25.8. The van der Waals surface area contributed by atoms with Crippen molar-refractivity contribution in [1.29, 1.82) is 0 Å². The number of benzene rings is 5. The van der Waals surface area contributed by atoms with Crippen LogP contribution < -0.4 is 20.9 Å². The Balaban J connectivity index is 0.000000268. The molecule has 0 aliphatic carbocycles. The number of carbonyl (C=O) groups is 1. The molecule has 19 heteroatoms. The van der Waals surface area contributed by atoms with Gasteiger partial charge in [0.25, 0.3) is 5.91 Å². The largest absolute Gasteiger partial charge is 0.482 e. The molecule has 0 unspecified atom stereocenters. The van der Waals surface area contributed by atoms with Crippen molar-refractivity contribution >= 4 is 70.8 Å². The summed E-state index contributed by atoms with van der Waals surface area (Å²) in [6, 6.07) is 32.1. The lowest BCUT2D eigenvalue weighted by molar-refractivity contribution is 0.0780. The molecule has 4 bridgehead atoms. The summed E-state index contributed by atoms with van der Waals surface area (Å²) in [5.41, 5.74) is 20.0. The monoisotopic (exact) mass is 1180 g/mol. The molecule has 5 aromatic carbocycles. The number of pyridine rings is 2. The molecule has 4 N–H and O–H groups in total. The van der Waals surface area contributed by atoms with Gasteiger partial charge in [-0.1, -0.05) is 84.1 Å². The molecule has 2 aromatic heterocycles. The van der Waals surface area contributed by atoms with E-state index in [4.69, 9.17) is 20.9 Å². The molecule has 2 aliphatic heterocycles. The van der Waals surface area contributed by atoms with Crippen molar-refractivity contribution in [1.82, 2.24) is 19.8 Å². The molecule has 2 aliphatic rings. The summed E-state index contributed by atoms with van der Waals surface area (Å²) in [6.07, 6.45) is 4.30. The van der Waals surface area contributed by atoms with E-state index < -0.39 is 37.7 Å². The molecule has 7 aromatic rings. The molecule has 13 nitrogen and oxygen atoms in total. The Bertz CT molecular complexity index is 3340. The topological polar surface area (TPSA) is 188 Å². The Kier molecular flexibility index (Phi) is 21.0. The van der Waals surface area contributed by atoms with Crippen LogP contribution in [-0.2, 0) is 39.3 Å². The number of nitrogens with zero attached hydrogens (tertiary/aromatic N) is 4. The molecular formula is C55H65F2IN6O7S2Si. The number of sulfone groups is 2.